The number of aliphatic hydroxyl groups excluding tert-OH is 1. The first-order chi connectivity index (χ1) is 15.1. The van der Waals surface area contributed by atoms with E-state index in [0.717, 1.165) is 11.1 Å². The minimum atomic E-state index is -0.770. The molecule has 0 aliphatic heterocycles. The molecule has 6 nitrogen and oxygen atoms in total. The van der Waals surface area contributed by atoms with Crippen LogP contribution in [0.4, 0.5) is 5.69 Å². The van der Waals surface area contributed by atoms with Gasteiger partial charge in [-0.1, -0.05) is 35.5 Å². The van der Waals surface area contributed by atoms with Crippen molar-refractivity contribution in [2.45, 2.75) is 19.6 Å². The Labute approximate surface area is 184 Å². The maximum atomic E-state index is 13.7. The number of anilines is 1. The van der Waals surface area contributed by atoms with Crippen LogP contribution in [0.3, 0.4) is 0 Å². The fraction of sp³-hybridized carbons (Fsp3) is 0.167. The molecule has 1 atom stereocenters. The van der Waals surface area contributed by atoms with Gasteiger partial charge in [-0.25, -0.2) is 0 Å². The summed E-state index contributed by atoms with van der Waals surface area (Å²) in [5.41, 5.74) is 4.26. The molecule has 0 spiro atoms. The van der Waals surface area contributed by atoms with Gasteiger partial charge in [0.15, 0.2) is 5.78 Å². The van der Waals surface area contributed by atoms with E-state index in [4.69, 9.17) is 9.26 Å². The summed E-state index contributed by atoms with van der Waals surface area (Å²) in [6, 6.07) is 16.1. The molecule has 1 unspecified atom stereocenters. The summed E-state index contributed by atoms with van der Waals surface area (Å²) >= 11 is 1.48. The zero-order chi connectivity index (χ0) is 21.8. The molecule has 0 saturated heterocycles. The maximum absolute atomic E-state index is 13.7. The van der Waals surface area contributed by atoms with E-state index >= 15 is 0 Å². The Morgan fingerprint density at radius 1 is 1.19 bits per heavy atom. The molecule has 0 aliphatic rings. The zero-order valence-electron chi connectivity index (χ0n) is 17.2. The molecule has 2 N–H and O–H groups in total. The van der Waals surface area contributed by atoms with Crippen molar-refractivity contribution < 1.29 is 19.2 Å². The van der Waals surface area contributed by atoms with Crippen molar-refractivity contribution in [2.24, 2.45) is 0 Å². The van der Waals surface area contributed by atoms with Gasteiger partial charge in [0.05, 0.1) is 13.7 Å². The number of hydrogen-bond acceptors (Lipinski definition) is 7. The van der Waals surface area contributed by atoms with Gasteiger partial charge in [0.2, 0.25) is 0 Å². The zero-order valence-corrected chi connectivity index (χ0v) is 18.0. The molecule has 0 amide bonds. The first-order valence-corrected chi connectivity index (χ1v) is 10.7. The summed E-state index contributed by atoms with van der Waals surface area (Å²) in [6.07, 6.45) is 0. The summed E-state index contributed by atoms with van der Waals surface area (Å²) in [5.74, 6) is 1.07. The second kappa shape index (κ2) is 9.16. The van der Waals surface area contributed by atoms with E-state index in [9.17, 15) is 9.90 Å². The minimum absolute atomic E-state index is 0.123. The van der Waals surface area contributed by atoms with Gasteiger partial charge < -0.3 is 19.7 Å². The number of benzene rings is 2. The average Bonchev–Trinajstić information content (AvgIpc) is 3.46. The first-order valence-electron chi connectivity index (χ1n) is 9.73. The van der Waals surface area contributed by atoms with Crippen LogP contribution in [0, 0.1) is 6.92 Å². The highest BCUT2D eigenvalue weighted by atomic mass is 32.1. The van der Waals surface area contributed by atoms with E-state index in [0.29, 0.717) is 34.0 Å². The monoisotopic (exact) mass is 434 g/mol. The Hall–Kier alpha value is -3.42. The Morgan fingerprint density at radius 3 is 2.68 bits per heavy atom. The van der Waals surface area contributed by atoms with Crippen molar-refractivity contribution >= 4 is 22.8 Å². The number of aromatic nitrogens is 1. The molecular weight excluding hydrogens is 412 g/mol. The van der Waals surface area contributed by atoms with Crippen LogP contribution in [-0.2, 0) is 6.61 Å². The number of aryl methyl sites for hydroxylation is 1. The molecule has 0 saturated carbocycles. The lowest BCUT2D eigenvalue weighted by Gasteiger charge is -2.18. The van der Waals surface area contributed by atoms with Crippen LogP contribution in [0.2, 0.25) is 0 Å². The number of thiophene rings is 1. The van der Waals surface area contributed by atoms with Crippen LogP contribution in [0.5, 0.6) is 5.75 Å². The number of ketones is 1. The first kappa shape index (κ1) is 20.8. The van der Waals surface area contributed by atoms with Crippen molar-refractivity contribution in [3.63, 3.8) is 0 Å². The molecule has 4 aromatic rings. The Bertz CT molecular complexity index is 1160. The van der Waals surface area contributed by atoms with Crippen LogP contribution in [0.15, 0.2) is 69.9 Å². The van der Waals surface area contributed by atoms with E-state index in [1.54, 1.807) is 38.3 Å². The number of nitrogens with zero attached hydrogens (tertiary/aromatic N) is 1. The standard InChI is InChI=1S/C24H22N2O4S/c1-15-8-22(26-30-15)23(25-18-9-16(12-27)10-19(11-18)29-2)24(28)21-14-31-13-20(21)17-6-4-3-5-7-17/h3-11,13-14,23,25,27H,12H2,1-2H3. The van der Waals surface area contributed by atoms with Crippen molar-refractivity contribution in [3.05, 3.63) is 87.9 Å². The Balaban J connectivity index is 1.74. The average molecular weight is 435 g/mol. The molecule has 158 valence electrons. The van der Waals surface area contributed by atoms with Gasteiger partial charge in [-0.3, -0.25) is 4.79 Å². The van der Waals surface area contributed by atoms with E-state index in [-0.39, 0.29) is 12.4 Å². The van der Waals surface area contributed by atoms with Gasteiger partial charge in [0, 0.05) is 34.3 Å². The van der Waals surface area contributed by atoms with Gasteiger partial charge >= 0.3 is 0 Å². The highest BCUT2D eigenvalue weighted by molar-refractivity contribution is 7.08. The molecule has 4 rings (SSSR count). The second-order valence-electron chi connectivity index (χ2n) is 7.10. The predicted molar refractivity (Wildman–Crippen MR) is 121 cm³/mol. The van der Waals surface area contributed by atoms with E-state index in [1.807, 2.05) is 41.1 Å². The molecule has 0 radical (unpaired) electrons. The number of nitrogens with one attached hydrogen (secondary N) is 1. The van der Waals surface area contributed by atoms with Crippen molar-refractivity contribution in [2.75, 3.05) is 12.4 Å². The number of aliphatic hydroxyl groups is 1. The fourth-order valence-electron chi connectivity index (χ4n) is 3.40. The van der Waals surface area contributed by atoms with Crippen molar-refractivity contribution in [1.29, 1.82) is 0 Å². The number of carbonyl (C=O) groups excluding carboxylic acids is 1. The molecule has 0 fully saturated rings. The second-order valence-corrected chi connectivity index (χ2v) is 7.84. The van der Waals surface area contributed by atoms with Crippen LogP contribution < -0.4 is 10.1 Å². The fourth-order valence-corrected chi connectivity index (χ4v) is 4.25. The van der Waals surface area contributed by atoms with Gasteiger partial charge in [-0.05, 0) is 35.6 Å². The largest absolute Gasteiger partial charge is 0.497 e. The summed E-state index contributed by atoms with van der Waals surface area (Å²) in [5, 5.41) is 20.8. The van der Waals surface area contributed by atoms with E-state index in [1.165, 1.54) is 11.3 Å². The molecule has 7 heteroatoms. The van der Waals surface area contributed by atoms with Gasteiger partial charge in [0.25, 0.3) is 0 Å². The molecule has 2 aromatic heterocycles. The number of hydrogen-bond donors (Lipinski definition) is 2. The third kappa shape index (κ3) is 4.52. The van der Waals surface area contributed by atoms with Crippen LogP contribution >= 0.6 is 11.3 Å². The summed E-state index contributed by atoms with van der Waals surface area (Å²) < 4.78 is 10.6. The smallest absolute Gasteiger partial charge is 0.192 e. The Morgan fingerprint density at radius 2 is 2.00 bits per heavy atom. The topological polar surface area (TPSA) is 84.6 Å². The number of methoxy groups -OCH3 is 1. The van der Waals surface area contributed by atoms with Gasteiger partial charge in [-0.15, -0.1) is 0 Å². The predicted octanol–water partition coefficient (Wildman–Crippen LogP) is 5.25. The Kier molecular flexibility index (Phi) is 6.16. The van der Waals surface area contributed by atoms with E-state index < -0.39 is 6.04 Å². The highest BCUT2D eigenvalue weighted by Gasteiger charge is 2.28. The van der Waals surface area contributed by atoms with Crippen LogP contribution in [-0.4, -0.2) is 23.2 Å². The number of rotatable bonds is 8. The van der Waals surface area contributed by atoms with E-state index in [2.05, 4.69) is 10.5 Å². The summed E-state index contributed by atoms with van der Waals surface area (Å²) in [6.45, 7) is 1.64. The summed E-state index contributed by atoms with van der Waals surface area (Å²) in [4.78, 5) is 13.7. The molecule has 31 heavy (non-hydrogen) atoms. The third-order valence-corrected chi connectivity index (χ3v) is 5.66. The lowest BCUT2D eigenvalue weighted by atomic mass is 9.96. The summed E-state index contributed by atoms with van der Waals surface area (Å²) in [7, 11) is 1.56. The number of Topliss-reactive ketones (excluding diaryl/α,β-unsaturated/α-hetero) is 1. The molecule has 0 aliphatic carbocycles. The van der Waals surface area contributed by atoms with Crippen LogP contribution in [0.1, 0.15) is 33.4 Å². The van der Waals surface area contributed by atoms with Crippen molar-refractivity contribution in [3.8, 4) is 16.9 Å². The molecule has 2 heterocycles. The molecule has 0 bridgehead atoms. The molecule has 2 aromatic carbocycles. The minimum Gasteiger partial charge on any atom is -0.497 e. The maximum Gasteiger partial charge on any atom is 0.192 e. The number of ether oxygens (including phenoxy) is 1. The SMILES string of the molecule is COc1cc(CO)cc(NC(C(=O)c2cscc2-c2ccccc2)c2cc(C)on2)c1. The lowest BCUT2D eigenvalue weighted by Crippen LogP contribution is -2.22. The van der Waals surface area contributed by atoms with Gasteiger partial charge in [-0.2, -0.15) is 11.3 Å². The lowest BCUT2D eigenvalue weighted by molar-refractivity contribution is 0.0967. The normalized spacial score (nSPS) is 11.8. The quantitative estimate of drug-likeness (QED) is 0.369. The third-order valence-electron chi connectivity index (χ3n) is 4.91. The highest BCUT2D eigenvalue weighted by Crippen LogP contribution is 2.33. The van der Waals surface area contributed by atoms with Crippen LogP contribution in [0.25, 0.3) is 11.1 Å². The number of carbonyl (C=O) groups is 1. The van der Waals surface area contributed by atoms with Crippen molar-refractivity contribution in [1.82, 2.24) is 5.16 Å². The van der Waals surface area contributed by atoms with Gasteiger partial charge in [0.1, 0.15) is 23.2 Å². The molecular formula is C24H22N2O4S.